The van der Waals surface area contributed by atoms with Crippen LogP contribution in [0.25, 0.3) is 0 Å². The number of nitrogens with one attached hydrogen (secondary N) is 1. The summed E-state index contributed by atoms with van der Waals surface area (Å²) < 4.78 is 5.85. The van der Waals surface area contributed by atoms with Crippen molar-refractivity contribution >= 4 is 5.91 Å². The van der Waals surface area contributed by atoms with Crippen LogP contribution in [0, 0.1) is 0 Å². The molecule has 0 bridgehead atoms. The number of hydrogen-bond donors (Lipinski definition) is 1. The number of carbonyl (C=O) groups is 1. The summed E-state index contributed by atoms with van der Waals surface area (Å²) in [4.78, 5) is 17.0. The van der Waals surface area contributed by atoms with Crippen molar-refractivity contribution in [2.45, 2.75) is 50.7 Å². The third-order valence-corrected chi connectivity index (χ3v) is 5.15. The Bertz CT molecular complexity index is 344. The number of amides is 1. The average Bonchev–Trinajstić information content (AvgIpc) is 2.55. The number of nitrogens with zero attached hydrogens (tertiary/aromatic N) is 2. The smallest absolute Gasteiger partial charge is 0.224 e. The fraction of sp³-hybridized carbons (Fsp3) is 0.938. The first-order chi connectivity index (χ1) is 10.3. The molecule has 5 nitrogen and oxygen atoms in total. The maximum Gasteiger partial charge on any atom is 0.224 e. The third kappa shape index (κ3) is 4.18. The molecule has 5 heteroatoms. The van der Waals surface area contributed by atoms with Crippen molar-refractivity contribution in [1.82, 2.24) is 15.1 Å². The molecule has 3 heterocycles. The van der Waals surface area contributed by atoms with Crippen LogP contribution in [0.1, 0.15) is 38.5 Å². The van der Waals surface area contributed by atoms with Gasteiger partial charge in [-0.3, -0.25) is 9.69 Å². The lowest BCUT2D eigenvalue weighted by Crippen LogP contribution is -2.56. The van der Waals surface area contributed by atoms with Crippen LogP contribution in [0.2, 0.25) is 0 Å². The molecular formula is C16H29N3O2. The predicted molar refractivity (Wildman–Crippen MR) is 82.3 cm³/mol. The third-order valence-electron chi connectivity index (χ3n) is 5.15. The zero-order chi connectivity index (χ0) is 14.5. The van der Waals surface area contributed by atoms with Crippen LogP contribution in [-0.2, 0) is 9.53 Å². The first-order valence-electron chi connectivity index (χ1n) is 8.67. The lowest BCUT2D eigenvalue weighted by Gasteiger charge is -2.44. The summed E-state index contributed by atoms with van der Waals surface area (Å²) in [6.07, 6.45) is 6.97. The maximum atomic E-state index is 12.3. The van der Waals surface area contributed by atoms with Crippen LogP contribution in [0.15, 0.2) is 0 Å². The molecule has 3 aliphatic rings. The van der Waals surface area contributed by atoms with Gasteiger partial charge in [-0.25, -0.2) is 0 Å². The molecule has 3 fully saturated rings. The molecule has 0 aromatic carbocycles. The van der Waals surface area contributed by atoms with Crippen LogP contribution in [-0.4, -0.2) is 73.7 Å². The first-order valence-corrected chi connectivity index (χ1v) is 8.67. The van der Waals surface area contributed by atoms with Gasteiger partial charge in [0.15, 0.2) is 0 Å². The molecule has 1 unspecified atom stereocenters. The van der Waals surface area contributed by atoms with Crippen molar-refractivity contribution in [3.05, 3.63) is 0 Å². The SMILES string of the molecule is O=C(CCOC1CCNCC1)N1CCN2CCCCC2C1. The summed E-state index contributed by atoms with van der Waals surface area (Å²) in [6, 6.07) is 0.613. The summed E-state index contributed by atoms with van der Waals surface area (Å²) in [7, 11) is 0. The van der Waals surface area contributed by atoms with Gasteiger partial charge >= 0.3 is 0 Å². The highest BCUT2D eigenvalue weighted by molar-refractivity contribution is 5.76. The van der Waals surface area contributed by atoms with Crippen LogP contribution in [0.4, 0.5) is 0 Å². The zero-order valence-corrected chi connectivity index (χ0v) is 13.1. The monoisotopic (exact) mass is 295 g/mol. The van der Waals surface area contributed by atoms with Crippen molar-refractivity contribution in [3.63, 3.8) is 0 Å². The molecule has 3 saturated heterocycles. The summed E-state index contributed by atoms with van der Waals surface area (Å²) in [5.41, 5.74) is 0. The van der Waals surface area contributed by atoms with Crippen LogP contribution < -0.4 is 5.32 Å². The summed E-state index contributed by atoms with van der Waals surface area (Å²) in [5.74, 6) is 0.286. The van der Waals surface area contributed by atoms with E-state index in [4.69, 9.17) is 4.74 Å². The van der Waals surface area contributed by atoms with Crippen molar-refractivity contribution in [2.24, 2.45) is 0 Å². The Morgan fingerprint density at radius 2 is 1.95 bits per heavy atom. The van der Waals surface area contributed by atoms with E-state index in [-0.39, 0.29) is 5.91 Å². The van der Waals surface area contributed by atoms with Crippen LogP contribution in [0.3, 0.4) is 0 Å². The molecule has 21 heavy (non-hydrogen) atoms. The molecule has 0 aliphatic carbocycles. The molecule has 0 aromatic heterocycles. The highest BCUT2D eigenvalue weighted by Gasteiger charge is 2.30. The van der Waals surface area contributed by atoms with E-state index in [1.807, 2.05) is 0 Å². The second-order valence-electron chi connectivity index (χ2n) is 6.60. The molecule has 1 atom stereocenters. The van der Waals surface area contributed by atoms with Crippen molar-refractivity contribution in [2.75, 3.05) is 45.9 Å². The Hall–Kier alpha value is -0.650. The zero-order valence-electron chi connectivity index (χ0n) is 13.1. The molecular weight excluding hydrogens is 266 g/mol. The van der Waals surface area contributed by atoms with Gasteiger partial charge in [-0.2, -0.15) is 0 Å². The van der Waals surface area contributed by atoms with Gasteiger partial charge in [0.1, 0.15) is 0 Å². The Kier molecular flexibility index (Phi) is 5.49. The fourth-order valence-electron chi connectivity index (χ4n) is 3.82. The number of carbonyl (C=O) groups excluding carboxylic acids is 1. The molecule has 1 N–H and O–H groups in total. The van der Waals surface area contributed by atoms with Crippen molar-refractivity contribution < 1.29 is 9.53 Å². The van der Waals surface area contributed by atoms with Gasteiger partial charge < -0.3 is 15.0 Å². The normalized spacial score (nSPS) is 28.4. The maximum absolute atomic E-state index is 12.3. The summed E-state index contributed by atoms with van der Waals surface area (Å²) >= 11 is 0. The van der Waals surface area contributed by atoms with Gasteiger partial charge in [0, 0.05) is 25.7 Å². The summed E-state index contributed by atoms with van der Waals surface area (Å²) in [5, 5.41) is 3.33. The molecule has 0 saturated carbocycles. The Labute approximate surface area is 128 Å². The van der Waals surface area contributed by atoms with Crippen LogP contribution >= 0.6 is 0 Å². The van der Waals surface area contributed by atoms with Gasteiger partial charge in [-0.15, -0.1) is 0 Å². The van der Waals surface area contributed by atoms with E-state index in [9.17, 15) is 4.79 Å². The van der Waals surface area contributed by atoms with E-state index in [0.29, 0.717) is 25.2 Å². The number of rotatable bonds is 4. The highest BCUT2D eigenvalue weighted by atomic mass is 16.5. The minimum atomic E-state index is 0.286. The largest absolute Gasteiger partial charge is 0.378 e. The highest BCUT2D eigenvalue weighted by Crippen LogP contribution is 2.21. The minimum Gasteiger partial charge on any atom is -0.378 e. The van der Waals surface area contributed by atoms with E-state index >= 15 is 0 Å². The quantitative estimate of drug-likeness (QED) is 0.835. The topological polar surface area (TPSA) is 44.8 Å². The van der Waals surface area contributed by atoms with Gasteiger partial charge in [0.05, 0.1) is 19.1 Å². The van der Waals surface area contributed by atoms with Gasteiger partial charge in [0.2, 0.25) is 5.91 Å². The average molecular weight is 295 g/mol. The lowest BCUT2D eigenvalue weighted by atomic mass is 9.99. The lowest BCUT2D eigenvalue weighted by molar-refractivity contribution is -0.136. The van der Waals surface area contributed by atoms with Gasteiger partial charge in [-0.1, -0.05) is 6.42 Å². The molecule has 1 amide bonds. The molecule has 120 valence electrons. The van der Waals surface area contributed by atoms with E-state index in [2.05, 4.69) is 15.1 Å². The molecule has 3 aliphatic heterocycles. The number of hydrogen-bond acceptors (Lipinski definition) is 4. The van der Waals surface area contributed by atoms with E-state index < -0.39 is 0 Å². The second-order valence-corrected chi connectivity index (χ2v) is 6.60. The Morgan fingerprint density at radius 3 is 2.81 bits per heavy atom. The van der Waals surface area contributed by atoms with Gasteiger partial charge in [0.25, 0.3) is 0 Å². The summed E-state index contributed by atoms with van der Waals surface area (Å²) in [6.45, 7) is 6.81. The van der Waals surface area contributed by atoms with E-state index in [1.54, 1.807) is 0 Å². The number of piperidine rings is 2. The fourth-order valence-corrected chi connectivity index (χ4v) is 3.82. The second kappa shape index (κ2) is 7.56. The standard InChI is InChI=1S/C16H29N3O2/c20-16(6-12-21-15-4-7-17-8-5-15)19-11-10-18-9-2-1-3-14(18)13-19/h14-15,17H,1-13H2. The van der Waals surface area contributed by atoms with Crippen molar-refractivity contribution in [1.29, 1.82) is 0 Å². The van der Waals surface area contributed by atoms with Crippen LogP contribution in [0.5, 0.6) is 0 Å². The van der Waals surface area contributed by atoms with E-state index in [0.717, 1.165) is 45.6 Å². The number of piperazine rings is 1. The molecule has 3 rings (SSSR count). The Morgan fingerprint density at radius 1 is 1.10 bits per heavy atom. The Balaban J connectivity index is 1.37. The predicted octanol–water partition coefficient (Wildman–Crippen LogP) is 0.842. The molecule has 0 radical (unpaired) electrons. The molecule has 0 aromatic rings. The minimum absolute atomic E-state index is 0.286. The van der Waals surface area contributed by atoms with Crippen molar-refractivity contribution in [3.8, 4) is 0 Å². The van der Waals surface area contributed by atoms with E-state index in [1.165, 1.54) is 25.8 Å². The van der Waals surface area contributed by atoms with Gasteiger partial charge in [-0.05, 0) is 45.3 Å². The first kappa shape index (κ1) is 15.3. The molecule has 0 spiro atoms. The number of fused-ring (bicyclic) bond motifs is 1. The number of ether oxygens (including phenoxy) is 1.